The van der Waals surface area contributed by atoms with Gasteiger partial charge < -0.3 is 18.0 Å². The van der Waals surface area contributed by atoms with E-state index in [-0.39, 0.29) is 0 Å². The summed E-state index contributed by atoms with van der Waals surface area (Å²) in [6.45, 7) is 0. The van der Waals surface area contributed by atoms with Crippen molar-refractivity contribution in [2.75, 3.05) is 28.4 Å². The first kappa shape index (κ1) is 15.2. The van der Waals surface area contributed by atoms with Crippen molar-refractivity contribution in [1.29, 1.82) is 0 Å². The lowest BCUT2D eigenvalue weighted by atomic mass is 10.1. The maximum absolute atomic E-state index is 5.38. The van der Waals surface area contributed by atoms with E-state index < -0.39 is 8.80 Å². The van der Waals surface area contributed by atoms with Gasteiger partial charge in [-0.05, 0) is 30.5 Å². The van der Waals surface area contributed by atoms with Crippen molar-refractivity contribution >= 4 is 8.80 Å². The van der Waals surface area contributed by atoms with Crippen LogP contribution in [-0.4, -0.2) is 37.2 Å². The monoisotopic (exact) mass is 269 g/mol. The Bertz CT molecular complexity index is 327. The van der Waals surface area contributed by atoms with Crippen LogP contribution < -0.4 is 4.74 Å². The van der Waals surface area contributed by atoms with Crippen LogP contribution in [0.25, 0.3) is 0 Å². The highest BCUT2D eigenvalue weighted by molar-refractivity contribution is 6.60. The van der Waals surface area contributed by atoms with Gasteiger partial charge in [-0.1, -0.05) is 6.07 Å². The van der Waals surface area contributed by atoms with Gasteiger partial charge in [0.15, 0.2) is 0 Å². The molecule has 1 radical (unpaired) electrons. The summed E-state index contributed by atoms with van der Waals surface area (Å²) in [5.41, 5.74) is 1.22. The molecule has 4 nitrogen and oxygen atoms in total. The van der Waals surface area contributed by atoms with Gasteiger partial charge >= 0.3 is 8.80 Å². The number of methoxy groups -OCH3 is 1. The summed E-state index contributed by atoms with van der Waals surface area (Å²) >= 11 is 0. The zero-order valence-electron chi connectivity index (χ0n) is 11.5. The summed E-state index contributed by atoms with van der Waals surface area (Å²) in [5, 5.41) is 0. The molecule has 0 saturated carbocycles. The number of rotatable bonds is 8. The first-order valence-electron chi connectivity index (χ1n) is 5.89. The minimum atomic E-state index is -2.42. The molecule has 1 rings (SSSR count). The van der Waals surface area contributed by atoms with Crippen molar-refractivity contribution < 1.29 is 18.0 Å². The van der Waals surface area contributed by atoms with Crippen LogP contribution in [0.2, 0.25) is 6.04 Å². The second-order valence-corrected chi connectivity index (χ2v) is 7.01. The van der Waals surface area contributed by atoms with E-state index in [1.807, 2.05) is 18.2 Å². The molecule has 0 aliphatic rings. The SMILES string of the molecule is COc1[c]cc(CCC[Si](OC)(OC)OC)cc1. The summed E-state index contributed by atoms with van der Waals surface area (Å²) in [4.78, 5) is 0. The molecule has 0 aromatic heterocycles. The smallest absolute Gasteiger partial charge is 0.496 e. The molecular formula is C13H21O4Si. The van der Waals surface area contributed by atoms with E-state index in [0.29, 0.717) is 0 Å². The number of benzene rings is 1. The van der Waals surface area contributed by atoms with Crippen LogP contribution in [0.1, 0.15) is 12.0 Å². The second-order valence-electron chi connectivity index (χ2n) is 3.91. The Hall–Kier alpha value is -0.883. The van der Waals surface area contributed by atoms with Crippen molar-refractivity contribution in [3.8, 4) is 5.75 Å². The van der Waals surface area contributed by atoms with Crippen LogP contribution in [0, 0.1) is 6.07 Å². The number of ether oxygens (including phenoxy) is 1. The molecule has 5 heteroatoms. The van der Waals surface area contributed by atoms with Crippen LogP contribution in [0.5, 0.6) is 5.75 Å². The topological polar surface area (TPSA) is 36.9 Å². The summed E-state index contributed by atoms with van der Waals surface area (Å²) in [6.07, 6.45) is 1.91. The third-order valence-electron chi connectivity index (χ3n) is 2.95. The molecule has 0 saturated heterocycles. The van der Waals surface area contributed by atoms with E-state index in [1.165, 1.54) is 5.56 Å². The van der Waals surface area contributed by atoms with Crippen molar-refractivity contribution in [3.63, 3.8) is 0 Å². The van der Waals surface area contributed by atoms with E-state index in [9.17, 15) is 0 Å². The van der Waals surface area contributed by atoms with Crippen LogP contribution in [0.15, 0.2) is 18.2 Å². The van der Waals surface area contributed by atoms with Crippen molar-refractivity contribution in [1.82, 2.24) is 0 Å². The lowest BCUT2D eigenvalue weighted by molar-refractivity contribution is 0.123. The number of aryl methyl sites for hydroxylation is 1. The molecule has 0 heterocycles. The van der Waals surface area contributed by atoms with Gasteiger partial charge in [-0.3, -0.25) is 0 Å². The molecule has 1 aromatic rings. The van der Waals surface area contributed by atoms with Gasteiger partial charge in [0.2, 0.25) is 0 Å². The van der Waals surface area contributed by atoms with E-state index >= 15 is 0 Å². The molecule has 101 valence electrons. The molecule has 0 spiro atoms. The molecule has 0 amide bonds. The van der Waals surface area contributed by atoms with E-state index in [2.05, 4.69) is 6.07 Å². The van der Waals surface area contributed by atoms with Gasteiger partial charge in [0.25, 0.3) is 0 Å². The fraction of sp³-hybridized carbons (Fsp3) is 0.538. The molecule has 0 unspecified atom stereocenters. The molecule has 0 aliphatic heterocycles. The molecule has 18 heavy (non-hydrogen) atoms. The molecular weight excluding hydrogens is 248 g/mol. The van der Waals surface area contributed by atoms with Gasteiger partial charge in [0.1, 0.15) is 5.75 Å². The zero-order valence-corrected chi connectivity index (χ0v) is 12.5. The highest BCUT2D eigenvalue weighted by atomic mass is 28.4. The maximum Gasteiger partial charge on any atom is 0.500 e. The first-order chi connectivity index (χ1) is 8.69. The van der Waals surface area contributed by atoms with Gasteiger partial charge in [0.05, 0.1) is 7.11 Å². The largest absolute Gasteiger partial charge is 0.500 e. The molecule has 0 atom stereocenters. The Kier molecular flexibility index (Phi) is 6.35. The van der Waals surface area contributed by atoms with Crippen molar-refractivity contribution in [2.45, 2.75) is 18.9 Å². The number of hydrogen-bond donors (Lipinski definition) is 0. The highest BCUT2D eigenvalue weighted by Crippen LogP contribution is 2.18. The summed E-state index contributed by atoms with van der Waals surface area (Å²) in [5.74, 6) is 0.758. The Morgan fingerprint density at radius 1 is 1.06 bits per heavy atom. The Labute approximate surface area is 110 Å². The second kappa shape index (κ2) is 7.53. The van der Waals surface area contributed by atoms with Crippen LogP contribution >= 0.6 is 0 Å². The minimum Gasteiger partial charge on any atom is -0.496 e. The van der Waals surface area contributed by atoms with Crippen LogP contribution in [0.3, 0.4) is 0 Å². The number of hydrogen-bond acceptors (Lipinski definition) is 4. The molecule has 0 N–H and O–H groups in total. The first-order valence-corrected chi connectivity index (χ1v) is 7.83. The summed E-state index contributed by atoms with van der Waals surface area (Å²) in [6, 6.07) is 9.80. The zero-order chi connectivity index (χ0) is 13.4. The molecule has 0 aliphatic carbocycles. The standard InChI is InChI=1S/C13H21O4Si/c1-14-13-9-7-12(8-10-13)6-5-11-18(15-2,16-3)17-4/h7-9H,5-6,11H2,1-4H3. The predicted molar refractivity (Wildman–Crippen MR) is 71.7 cm³/mol. The van der Waals surface area contributed by atoms with Gasteiger partial charge in [-0.15, -0.1) is 0 Å². The quantitative estimate of drug-likeness (QED) is 0.679. The van der Waals surface area contributed by atoms with Crippen LogP contribution in [-0.2, 0) is 19.7 Å². The average Bonchev–Trinajstić information content (AvgIpc) is 2.45. The predicted octanol–water partition coefficient (Wildman–Crippen LogP) is 2.31. The maximum atomic E-state index is 5.38. The fourth-order valence-electron chi connectivity index (χ4n) is 1.79. The van der Waals surface area contributed by atoms with Crippen LogP contribution in [0.4, 0.5) is 0 Å². The van der Waals surface area contributed by atoms with Crippen molar-refractivity contribution in [3.05, 3.63) is 29.8 Å². The van der Waals surface area contributed by atoms with E-state index in [4.69, 9.17) is 18.0 Å². The van der Waals surface area contributed by atoms with Crippen molar-refractivity contribution in [2.24, 2.45) is 0 Å². The van der Waals surface area contributed by atoms with E-state index in [1.54, 1.807) is 28.4 Å². The highest BCUT2D eigenvalue weighted by Gasteiger charge is 2.36. The molecule has 1 aromatic carbocycles. The van der Waals surface area contributed by atoms with Gasteiger partial charge in [0, 0.05) is 33.4 Å². The lowest BCUT2D eigenvalue weighted by Crippen LogP contribution is -2.42. The third-order valence-corrected chi connectivity index (χ3v) is 5.78. The average molecular weight is 269 g/mol. The van der Waals surface area contributed by atoms with E-state index in [0.717, 1.165) is 24.6 Å². The lowest BCUT2D eigenvalue weighted by Gasteiger charge is -2.24. The Morgan fingerprint density at radius 2 is 1.72 bits per heavy atom. The fourth-order valence-corrected chi connectivity index (χ4v) is 3.51. The summed E-state index contributed by atoms with van der Waals surface area (Å²) < 4.78 is 21.2. The minimum absolute atomic E-state index is 0.758. The Balaban J connectivity index is 2.44. The molecule has 0 fully saturated rings. The molecule has 0 bridgehead atoms. The summed E-state index contributed by atoms with van der Waals surface area (Å²) in [7, 11) is 4.13. The Morgan fingerprint density at radius 3 is 2.17 bits per heavy atom. The third kappa shape index (κ3) is 4.10. The van der Waals surface area contributed by atoms with Gasteiger partial charge in [-0.2, -0.15) is 0 Å². The normalized spacial score (nSPS) is 11.6. The van der Waals surface area contributed by atoms with Gasteiger partial charge in [-0.25, -0.2) is 0 Å².